The van der Waals surface area contributed by atoms with Gasteiger partial charge in [-0.25, -0.2) is 4.98 Å². The van der Waals surface area contributed by atoms with Crippen LogP contribution in [0.2, 0.25) is 0 Å². The lowest BCUT2D eigenvalue weighted by Gasteiger charge is -2.26. The van der Waals surface area contributed by atoms with E-state index in [2.05, 4.69) is 10.3 Å². The molecule has 0 unspecified atom stereocenters. The van der Waals surface area contributed by atoms with E-state index >= 15 is 0 Å². The third-order valence-corrected chi connectivity index (χ3v) is 2.79. The molecule has 0 atom stereocenters. The maximum absolute atomic E-state index is 12.4. The van der Waals surface area contributed by atoms with Crippen LogP contribution in [0.1, 0.15) is 31.1 Å². The van der Waals surface area contributed by atoms with Gasteiger partial charge >= 0.3 is 0 Å². The molecule has 19 heavy (non-hydrogen) atoms. The summed E-state index contributed by atoms with van der Waals surface area (Å²) in [6.07, 6.45) is 1.61. The van der Waals surface area contributed by atoms with Crippen molar-refractivity contribution >= 4 is 11.7 Å². The van der Waals surface area contributed by atoms with Gasteiger partial charge in [0.1, 0.15) is 5.82 Å². The zero-order valence-electron chi connectivity index (χ0n) is 12.1. The summed E-state index contributed by atoms with van der Waals surface area (Å²) in [5.74, 6) is 0.773. The fourth-order valence-electron chi connectivity index (χ4n) is 1.76. The zero-order chi connectivity index (χ0) is 14.3. The minimum Gasteiger partial charge on any atom is -0.383 e. The van der Waals surface area contributed by atoms with Crippen LogP contribution in [0.3, 0.4) is 0 Å². The van der Waals surface area contributed by atoms with E-state index in [9.17, 15) is 4.79 Å². The second-order valence-electron chi connectivity index (χ2n) is 4.55. The third kappa shape index (κ3) is 4.52. The zero-order valence-corrected chi connectivity index (χ0v) is 12.1. The minimum absolute atomic E-state index is 0.0115. The highest BCUT2D eigenvalue weighted by Gasteiger charge is 2.18. The maximum Gasteiger partial charge on any atom is 0.255 e. The molecule has 0 spiro atoms. The molecular weight excluding hydrogens is 242 g/mol. The Morgan fingerprint density at radius 2 is 2.21 bits per heavy atom. The highest BCUT2D eigenvalue weighted by molar-refractivity contribution is 5.94. The lowest BCUT2D eigenvalue weighted by atomic mass is 10.2. The molecule has 0 saturated carbocycles. The summed E-state index contributed by atoms with van der Waals surface area (Å²) >= 11 is 0. The van der Waals surface area contributed by atoms with Crippen molar-refractivity contribution in [2.24, 2.45) is 0 Å². The van der Waals surface area contributed by atoms with Crippen molar-refractivity contribution in [1.82, 2.24) is 9.88 Å². The van der Waals surface area contributed by atoms with Crippen molar-refractivity contribution in [2.45, 2.75) is 26.8 Å². The molecule has 5 heteroatoms. The molecule has 1 heterocycles. The van der Waals surface area contributed by atoms with Crippen LogP contribution in [0.15, 0.2) is 18.3 Å². The molecule has 5 nitrogen and oxygen atoms in total. The van der Waals surface area contributed by atoms with Crippen LogP contribution in [0.4, 0.5) is 5.82 Å². The number of nitrogens with zero attached hydrogens (tertiary/aromatic N) is 2. The number of nitrogens with one attached hydrogen (secondary N) is 1. The Morgan fingerprint density at radius 1 is 1.47 bits per heavy atom. The monoisotopic (exact) mass is 265 g/mol. The Hall–Kier alpha value is -1.62. The highest BCUT2D eigenvalue weighted by atomic mass is 16.5. The molecule has 1 amide bonds. The Balaban J connectivity index is 2.78. The summed E-state index contributed by atoms with van der Waals surface area (Å²) in [5.41, 5.74) is 0.603. The number of pyridine rings is 1. The van der Waals surface area contributed by atoms with E-state index in [4.69, 9.17) is 4.74 Å². The molecule has 0 aliphatic rings. The van der Waals surface area contributed by atoms with Crippen LogP contribution in [0.5, 0.6) is 0 Å². The molecule has 0 aliphatic heterocycles. The second-order valence-corrected chi connectivity index (χ2v) is 4.55. The van der Waals surface area contributed by atoms with Gasteiger partial charge in [0, 0.05) is 32.4 Å². The number of hydrogen-bond acceptors (Lipinski definition) is 4. The van der Waals surface area contributed by atoms with Crippen LogP contribution < -0.4 is 5.32 Å². The molecule has 106 valence electrons. The number of carbonyl (C=O) groups excluding carboxylic acids is 1. The van der Waals surface area contributed by atoms with Gasteiger partial charge in [0.15, 0.2) is 0 Å². The number of carbonyl (C=O) groups is 1. The van der Waals surface area contributed by atoms with Gasteiger partial charge in [-0.05, 0) is 32.9 Å². The van der Waals surface area contributed by atoms with Crippen LogP contribution in [-0.4, -0.2) is 48.6 Å². The van der Waals surface area contributed by atoms with E-state index in [0.29, 0.717) is 18.7 Å². The van der Waals surface area contributed by atoms with Gasteiger partial charge in [0.05, 0.1) is 12.2 Å². The maximum atomic E-state index is 12.4. The lowest BCUT2D eigenvalue weighted by Crippen LogP contribution is -2.39. The molecule has 0 radical (unpaired) electrons. The van der Waals surface area contributed by atoms with Gasteiger partial charge in [0.25, 0.3) is 5.91 Å². The average Bonchev–Trinajstić information content (AvgIpc) is 2.40. The largest absolute Gasteiger partial charge is 0.383 e. The molecule has 1 N–H and O–H groups in total. The number of hydrogen-bond donors (Lipinski definition) is 1. The minimum atomic E-state index is -0.0115. The molecule has 1 rings (SSSR count). The van der Waals surface area contributed by atoms with Crippen LogP contribution in [0.25, 0.3) is 0 Å². The van der Waals surface area contributed by atoms with Gasteiger partial charge in [-0.1, -0.05) is 0 Å². The molecule has 0 saturated heterocycles. The molecule has 0 aromatic carbocycles. The number of rotatable bonds is 7. The number of anilines is 1. The molecule has 0 bridgehead atoms. The highest BCUT2D eigenvalue weighted by Crippen LogP contribution is 2.10. The van der Waals surface area contributed by atoms with Gasteiger partial charge in [-0.2, -0.15) is 0 Å². The normalized spacial score (nSPS) is 10.6. The number of methoxy groups -OCH3 is 1. The van der Waals surface area contributed by atoms with Gasteiger partial charge in [0.2, 0.25) is 0 Å². The number of ether oxygens (including phenoxy) is 1. The van der Waals surface area contributed by atoms with Crippen LogP contribution >= 0.6 is 0 Å². The van der Waals surface area contributed by atoms with E-state index in [1.165, 1.54) is 0 Å². The van der Waals surface area contributed by atoms with E-state index in [1.807, 2.05) is 26.8 Å². The second kappa shape index (κ2) is 7.74. The summed E-state index contributed by atoms with van der Waals surface area (Å²) in [5, 5.41) is 3.10. The lowest BCUT2D eigenvalue weighted by molar-refractivity contribution is 0.0634. The third-order valence-electron chi connectivity index (χ3n) is 2.79. The Labute approximate surface area is 115 Å². The predicted octanol–water partition coefficient (Wildman–Crippen LogP) is 2.01. The molecule has 0 fully saturated rings. The smallest absolute Gasteiger partial charge is 0.255 e. The summed E-state index contributed by atoms with van der Waals surface area (Å²) in [4.78, 5) is 18.4. The topological polar surface area (TPSA) is 54.5 Å². The number of amides is 1. The van der Waals surface area contributed by atoms with Gasteiger partial charge in [-0.15, -0.1) is 0 Å². The standard InChI is InChI=1S/C14H23N3O2/c1-5-15-13-7-6-12(10-16-13)14(18)17(11(2)3)8-9-19-4/h6-7,10-11H,5,8-9H2,1-4H3,(H,15,16). The van der Waals surface area contributed by atoms with Crippen molar-refractivity contribution in [3.8, 4) is 0 Å². The van der Waals surface area contributed by atoms with Crippen molar-refractivity contribution < 1.29 is 9.53 Å². The van der Waals surface area contributed by atoms with Crippen LogP contribution in [-0.2, 0) is 4.74 Å². The summed E-state index contributed by atoms with van der Waals surface area (Å²) in [6.45, 7) is 7.93. The average molecular weight is 265 g/mol. The van der Waals surface area contributed by atoms with Crippen molar-refractivity contribution in [3.05, 3.63) is 23.9 Å². The van der Waals surface area contributed by atoms with Gasteiger partial charge < -0.3 is 15.0 Å². The van der Waals surface area contributed by atoms with Crippen LogP contribution in [0, 0.1) is 0 Å². The Kier molecular flexibility index (Phi) is 6.29. The fraction of sp³-hybridized carbons (Fsp3) is 0.571. The molecular formula is C14H23N3O2. The van der Waals surface area contributed by atoms with E-state index < -0.39 is 0 Å². The number of aromatic nitrogens is 1. The summed E-state index contributed by atoms with van der Waals surface area (Å²) in [6, 6.07) is 3.76. The quantitative estimate of drug-likeness (QED) is 0.819. The first-order valence-electron chi connectivity index (χ1n) is 6.60. The summed E-state index contributed by atoms with van der Waals surface area (Å²) in [7, 11) is 1.63. The van der Waals surface area contributed by atoms with E-state index in [-0.39, 0.29) is 11.9 Å². The molecule has 1 aromatic heterocycles. The van der Waals surface area contributed by atoms with E-state index in [0.717, 1.165) is 12.4 Å². The SMILES string of the molecule is CCNc1ccc(C(=O)N(CCOC)C(C)C)cn1. The van der Waals surface area contributed by atoms with Crippen molar-refractivity contribution in [2.75, 3.05) is 32.1 Å². The first-order chi connectivity index (χ1) is 9.10. The van der Waals surface area contributed by atoms with Crippen molar-refractivity contribution in [3.63, 3.8) is 0 Å². The van der Waals surface area contributed by atoms with Crippen molar-refractivity contribution in [1.29, 1.82) is 0 Å². The Bertz CT molecular complexity index is 390. The van der Waals surface area contributed by atoms with Gasteiger partial charge in [-0.3, -0.25) is 4.79 Å². The molecule has 0 aliphatic carbocycles. The first kappa shape index (κ1) is 15.4. The fourth-order valence-corrected chi connectivity index (χ4v) is 1.76. The Morgan fingerprint density at radius 3 is 2.68 bits per heavy atom. The predicted molar refractivity (Wildman–Crippen MR) is 76.4 cm³/mol. The first-order valence-corrected chi connectivity index (χ1v) is 6.60. The van der Waals surface area contributed by atoms with E-state index in [1.54, 1.807) is 24.3 Å². The summed E-state index contributed by atoms with van der Waals surface area (Å²) < 4.78 is 5.04. The molecule has 1 aromatic rings.